The summed E-state index contributed by atoms with van der Waals surface area (Å²) >= 11 is 0. The molecule has 0 saturated carbocycles. The minimum atomic E-state index is -3.62. The van der Waals surface area contributed by atoms with Gasteiger partial charge in [0.2, 0.25) is 10.0 Å². The number of nitrogens with zero attached hydrogens (tertiary/aromatic N) is 2. The molecule has 0 aliphatic rings. The first-order chi connectivity index (χ1) is 13.9. The summed E-state index contributed by atoms with van der Waals surface area (Å²) in [7, 11) is -3.62. The van der Waals surface area contributed by atoms with Crippen LogP contribution in [0.1, 0.15) is 18.1 Å². The zero-order valence-corrected chi connectivity index (χ0v) is 17.2. The van der Waals surface area contributed by atoms with Crippen molar-refractivity contribution in [2.75, 3.05) is 17.1 Å². The van der Waals surface area contributed by atoms with Crippen molar-refractivity contribution >= 4 is 38.6 Å². The molecule has 3 aromatic carbocycles. The molecule has 0 spiro atoms. The first-order valence-corrected chi connectivity index (χ1v) is 11.1. The maximum Gasteiger partial charge on any atom is 0.260 e. The summed E-state index contributed by atoms with van der Waals surface area (Å²) in [5.74, 6) is -0.522. The molecule has 0 aliphatic carbocycles. The second-order valence-corrected chi connectivity index (χ2v) is 8.56. The number of benzene rings is 3. The van der Waals surface area contributed by atoms with Crippen LogP contribution >= 0.6 is 0 Å². The van der Waals surface area contributed by atoms with Gasteiger partial charge in [0.25, 0.3) is 5.91 Å². The van der Waals surface area contributed by atoms with Crippen molar-refractivity contribution in [2.24, 2.45) is 5.10 Å². The van der Waals surface area contributed by atoms with Crippen LogP contribution in [0.4, 0.5) is 5.69 Å². The maximum absolute atomic E-state index is 12.3. The minimum absolute atomic E-state index is 0.350. The summed E-state index contributed by atoms with van der Waals surface area (Å²) in [6.07, 6.45) is 3.48. The third kappa shape index (κ3) is 5.20. The van der Waals surface area contributed by atoms with E-state index in [-0.39, 0.29) is 6.54 Å². The third-order valence-corrected chi connectivity index (χ3v) is 5.68. The van der Waals surface area contributed by atoms with Gasteiger partial charge in [-0.1, -0.05) is 61.5 Å². The number of sulfonamides is 1. The molecule has 1 amide bonds. The highest BCUT2D eigenvalue weighted by atomic mass is 32.2. The Bertz CT molecular complexity index is 1130. The largest absolute Gasteiger partial charge is 0.271 e. The second kappa shape index (κ2) is 8.87. The summed E-state index contributed by atoms with van der Waals surface area (Å²) in [4.78, 5) is 12.3. The number of aryl methyl sites for hydroxylation is 1. The smallest absolute Gasteiger partial charge is 0.260 e. The Morgan fingerprint density at radius 3 is 2.41 bits per heavy atom. The number of fused-ring (bicyclic) bond motifs is 1. The fourth-order valence-electron chi connectivity index (χ4n) is 3.00. The van der Waals surface area contributed by atoms with Gasteiger partial charge in [-0.15, -0.1) is 0 Å². The molecule has 29 heavy (non-hydrogen) atoms. The van der Waals surface area contributed by atoms with Crippen molar-refractivity contribution in [3.8, 4) is 0 Å². The molecule has 0 atom stereocenters. The lowest BCUT2D eigenvalue weighted by Gasteiger charge is -2.21. The number of nitrogens with one attached hydrogen (secondary N) is 1. The van der Waals surface area contributed by atoms with E-state index in [1.165, 1.54) is 0 Å². The number of hydrogen-bond donors (Lipinski definition) is 1. The van der Waals surface area contributed by atoms with E-state index in [9.17, 15) is 13.2 Å². The fraction of sp³-hybridized carbons (Fsp3) is 0.182. The summed E-state index contributed by atoms with van der Waals surface area (Å²) in [5.41, 5.74) is 4.81. The van der Waals surface area contributed by atoms with Crippen molar-refractivity contribution in [3.05, 3.63) is 77.9 Å². The van der Waals surface area contributed by atoms with Crippen molar-refractivity contribution in [1.29, 1.82) is 0 Å². The van der Waals surface area contributed by atoms with Gasteiger partial charge in [-0.3, -0.25) is 9.10 Å². The molecule has 0 fully saturated rings. The van der Waals surface area contributed by atoms with Gasteiger partial charge in [-0.25, -0.2) is 13.8 Å². The van der Waals surface area contributed by atoms with Gasteiger partial charge in [-0.05, 0) is 34.9 Å². The molecule has 0 heterocycles. The number of amides is 1. The van der Waals surface area contributed by atoms with E-state index in [0.29, 0.717) is 5.69 Å². The van der Waals surface area contributed by atoms with Crippen molar-refractivity contribution < 1.29 is 13.2 Å². The predicted octanol–water partition coefficient (Wildman–Crippen LogP) is 3.32. The Kier molecular flexibility index (Phi) is 6.29. The lowest BCUT2D eigenvalue weighted by molar-refractivity contribution is -0.119. The van der Waals surface area contributed by atoms with Crippen LogP contribution in [-0.4, -0.2) is 33.3 Å². The van der Waals surface area contributed by atoms with E-state index < -0.39 is 15.9 Å². The average Bonchev–Trinajstić information content (AvgIpc) is 2.71. The number of hydrazone groups is 1. The van der Waals surface area contributed by atoms with Crippen LogP contribution in [0.25, 0.3) is 10.8 Å². The molecule has 3 rings (SSSR count). The number of rotatable bonds is 7. The van der Waals surface area contributed by atoms with Gasteiger partial charge in [0.1, 0.15) is 6.54 Å². The molecule has 0 radical (unpaired) electrons. The number of carbonyl (C=O) groups excluding carboxylic acids is 1. The average molecular weight is 410 g/mol. The Labute approximate surface area is 170 Å². The molecule has 0 aromatic heterocycles. The molecule has 0 aliphatic heterocycles. The van der Waals surface area contributed by atoms with E-state index in [1.54, 1.807) is 18.3 Å². The molecule has 150 valence electrons. The number of anilines is 1. The monoisotopic (exact) mass is 409 g/mol. The van der Waals surface area contributed by atoms with Crippen LogP contribution in [0, 0.1) is 0 Å². The van der Waals surface area contributed by atoms with Crippen LogP contribution < -0.4 is 9.73 Å². The third-order valence-electron chi connectivity index (χ3n) is 4.54. The lowest BCUT2D eigenvalue weighted by Crippen LogP contribution is -2.39. The van der Waals surface area contributed by atoms with Crippen molar-refractivity contribution in [1.82, 2.24) is 5.43 Å². The lowest BCUT2D eigenvalue weighted by atomic mass is 10.1. The Hall–Kier alpha value is -3.19. The molecule has 3 aromatic rings. The van der Waals surface area contributed by atoms with Gasteiger partial charge >= 0.3 is 0 Å². The van der Waals surface area contributed by atoms with Crippen molar-refractivity contribution in [2.45, 2.75) is 13.3 Å². The predicted molar refractivity (Wildman–Crippen MR) is 118 cm³/mol. The highest BCUT2D eigenvalue weighted by molar-refractivity contribution is 7.92. The van der Waals surface area contributed by atoms with E-state index in [1.807, 2.05) is 61.5 Å². The molecular formula is C22H23N3O3S. The Balaban J connectivity index is 1.72. The molecule has 0 bridgehead atoms. The highest BCUT2D eigenvalue weighted by Gasteiger charge is 2.20. The zero-order chi connectivity index (χ0) is 20.9. The van der Waals surface area contributed by atoms with Gasteiger partial charge in [-0.2, -0.15) is 5.10 Å². The topological polar surface area (TPSA) is 78.8 Å². The zero-order valence-electron chi connectivity index (χ0n) is 16.4. The molecule has 0 saturated heterocycles. The van der Waals surface area contributed by atoms with E-state index in [4.69, 9.17) is 0 Å². The second-order valence-electron chi connectivity index (χ2n) is 6.65. The Morgan fingerprint density at radius 2 is 1.72 bits per heavy atom. The number of carbonyl (C=O) groups is 1. The van der Waals surface area contributed by atoms with Crippen LogP contribution in [0.3, 0.4) is 0 Å². The maximum atomic E-state index is 12.3. The molecular weight excluding hydrogens is 386 g/mol. The minimum Gasteiger partial charge on any atom is -0.271 e. The van der Waals surface area contributed by atoms with Gasteiger partial charge < -0.3 is 0 Å². The molecule has 7 heteroatoms. The highest BCUT2D eigenvalue weighted by Crippen LogP contribution is 2.19. The van der Waals surface area contributed by atoms with Gasteiger partial charge in [0.05, 0.1) is 18.2 Å². The van der Waals surface area contributed by atoms with Crippen LogP contribution in [0.15, 0.2) is 71.8 Å². The fourth-order valence-corrected chi connectivity index (χ4v) is 3.86. The van der Waals surface area contributed by atoms with Crippen molar-refractivity contribution in [3.63, 3.8) is 0 Å². The van der Waals surface area contributed by atoms with E-state index in [2.05, 4.69) is 10.5 Å². The van der Waals surface area contributed by atoms with Gasteiger partial charge in [0.15, 0.2) is 0 Å². The summed E-state index contributed by atoms with van der Waals surface area (Å²) < 4.78 is 25.4. The first kappa shape index (κ1) is 20.5. The van der Waals surface area contributed by atoms with Crippen LogP contribution in [0.5, 0.6) is 0 Å². The normalized spacial score (nSPS) is 11.7. The Morgan fingerprint density at radius 1 is 1.03 bits per heavy atom. The first-order valence-electron chi connectivity index (χ1n) is 9.25. The molecule has 1 N–H and O–H groups in total. The van der Waals surface area contributed by atoms with E-state index in [0.717, 1.165) is 38.9 Å². The summed E-state index contributed by atoms with van der Waals surface area (Å²) in [6, 6.07) is 20.8. The SMILES string of the molecule is CCc1ccc(N(CC(=O)N/N=C\c2cccc3ccccc23)S(C)(=O)=O)cc1. The molecule has 0 unspecified atom stereocenters. The standard InChI is InChI=1S/C22H23N3O3S/c1-3-17-11-13-20(14-12-17)25(29(2,27)28)16-22(26)24-23-15-19-9-6-8-18-7-4-5-10-21(18)19/h4-15H,3,16H2,1-2H3,(H,24,26)/b23-15-. The van der Waals surface area contributed by atoms with Crippen LogP contribution in [0.2, 0.25) is 0 Å². The van der Waals surface area contributed by atoms with Gasteiger partial charge in [0, 0.05) is 5.56 Å². The summed E-state index contributed by atoms with van der Waals surface area (Å²) in [5, 5.41) is 6.09. The number of hydrogen-bond acceptors (Lipinski definition) is 4. The molecule has 6 nitrogen and oxygen atoms in total. The summed E-state index contributed by atoms with van der Waals surface area (Å²) in [6.45, 7) is 1.67. The van der Waals surface area contributed by atoms with E-state index >= 15 is 0 Å². The quantitative estimate of drug-likeness (QED) is 0.480. The van der Waals surface area contributed by atoms with Crippen LogP contribution in [-0.2, 0) is 21.2 Å².